The highest BCUT2D eigenvalue weighted by Crippen LogP contribution is 2.38. The van der Waals surface area contributed by atoms with E-state index in [0.29, 0.717) is 33.5 Å². The molecule has 0 fully saturated rings. The van der Waals surface area contributed by atoms with E-state index < -0.39 is 10.1 Å². The predicted molar refractivity (Wildman–Crippen MR) is 149 cm³/mol. The molecule has 0 spiro atoms. The van der Waals surface area contributed by atoms with Crippen LogP contribution < -0.4 is 5.32 Å². The predicted octanol–water partition coefficient (Wildman–Crippen LogP) is 8.97. The van der Waals surface area contributed by atoms with E-state index in [-0.39, 0.29) is 4.90 Å². The monoisotopic (exact) mass is 521 g/mol. The minimum Gasteiger partial charge on any atom is -0.355 e. The van der Waals surface area contributed by atoms with Gasteiger partial charge >= 0.3 is 0 Å². The van der Waals surface area contributed by atoms with Crippen LogP contribution in [0.2, 0.25) is 0 Å². The first-order chi connectivity index (χ1) is 18.4. The molecule has 0 aliphatic heterocycles. The topological polar surface area (TPSA) is 116 Å². The zero-order chi connectivity index (χ0) is 26.5. The lowest BCUT2D eigenvalue weighted by atomic mass is 10.1. The smallest absolute Gasteiger partial charge is 0.295 e. The third kappa shape index (κ3) is 5.64. The zero-order valence-corrected chi connectivity index (χ0v) is 21.2. The average molecular weight is 522 g/mol. The molecule has 5 rings (SSSR count). The Labute approximate surface area is 220 Å². The maximum atomic E-state index is 12.2. The number of para-hydroxylation sites is 1. The van der Waals surface area contributed by atoms with Crippen LogP contribution in [0.15, 0.2) is 135 Å². The molecule has 188 valence electrons. The van der Waals surface area contributed by atoms with Crippen LogP contribution in [0, 0.1) is 6.92 Å². The molecule has 0 heterocycles. The van der Waals surface area contributed by atoms with Crippen molar-refractivity contribution in [1.29, 1.82) is 0 Å². The van der Waals surface area contributed by atoms with Gasteiger partial charge in [-0.25, -0.2) is 0 Å². The summed E-state index contributed by atoms with van der Waals surface area (Å²) in [5.74, 6) is 0. The fourth-order valence-corrected chi connectivity index (χ4v) is 4.70. The van der Waals surface area contributed by atoms with E-state index in [1.165, 1.54) is 6.07 Å². The Balaban J connectivity index is 1.50. The van der Waals surface area contributed by atoms with Gasteiger partial charge in [-0.3, -0.25) is 4.55 Å². The van der Waals surface area contributed by atoms with Crippen LogP contribution in [0.1, 0.15) is 5.56 Å². The number of hydrogen-bond donors (Lipinski definition) is 2. The molecule has 38 heavy (non-hydrogen) atoms. The van der Waals surface area contributed by atoms with Crippen molar-refractivity contribution in [2.45, 2.75) is 11.8 Å². The van der Waals surface area contributed by atoms with Crippen LogP contribution in [-0.2, 0) is 10.1 Å². The number of anilines is 2. The maximum absolute atomic E-state index is 12.2. The fraction of sp³-hybridized carbons (Fsp3) is 0.0345. The van der Waals surface area contributed by atoms with Gasteiger partial charge in [0.15, 0.2) is 0 Å². The number of aryl methyl sites for hydroxylation is 1. The summed E-state index contributed by atoms with van der Waals surface area (Å²) >= 11 is 0. The van der Waals surface area contributed by atoms with Crippen molar-refractivity contribution in [3.63, 3.8) is 0 Å². The van der Waals surface area contributed by atoms with Gasteiger partial charge in [-0.1, -0.05) is 48.5 Å². The lowest BCUT2D eigenvalue weighted by Gasteiger charge is -2.13. The minimum atomic E-state index is -4.50. The van der Waals surface area contributed by atoms with Gasteiger partial charge in [0.25, 0.3) is 10.1 Å². The molecule has 8 nitrogen and oxygen atoms in total. The SMILES string of the molecule is Cc1cc(N=Nc2ccc(Nc3ccccc3)c3c(S(=O)(=O)O)cccc23)ccc1N=Nc1ccccc1. The molecule has 0 unspecified atom stereocenters. The number of nitrogens with zero attached hydrogens (tertiary/aromatic N) is 4. The van der Waals surface area contributed by atoms with Gasteiger partial charge in [0.2, 0.25) is 0 Å². The van der Waals surface area contributed by atoms with E-state index in [1.54, 1.807) is 30.3 Å². The molecular weight excluding hydrogens is 498 g/mol. The molecule has 5 aromatic carbocycles. The van der Waals surface area contributed by atoms with Crippen LogP contribution in [-0.4, -0.2) is 13.0 Å². The quantitative estimate of drug-likeness (QED) is 0.164. The molecule has 9 heteroatoms. The summed E-state index contributed by atoms with van der Waals surface area (Å²) in [5.41, 5.74) is 4.70. The fourth-order valence-electron chi connectivity index (χ4n) is 3.97. The van der Waals surface area contributed by atoms with Crippen LogP contribution in [0.5, 0.6) is 0 Å². The number of fused-ring (bicyclic) bond motifs is 1. The third-order valence-electron chi connectivity index (χ3n) is 5.79. The lowest BCUT2D eigenvalue weighted by Crippen LogP contribution is -2.01. The Morgan fingerprint density at radius 3 is 2.03 bits per heavy atom. The molecular formula is C29H23N5O3S. The van der Waals surface area contributed by atoms with Crippen LogP contribution >= 0.6 is 0 Å². The Bertz CT molecular complexity index is 1770. The molecule has 0 bridgehead atoms. The molecule has 0 amide bonds. The molecule has 0 aromatic heterocycles. The highest BCUT2D eigenvalue weighted by atomic mass is 32.2. The largest absolute Gasteiger partial charge is 0.355 e. The van der Waals surface area contributed by atoms with E-state index in [1.807, 2.05) is 79.7 Å². The van der Waals surface area contributed by atoms with Gasteiger partial charge < -0.3 is 5.32 Å². The molecule has 0 aliphatic rings. The number of rotatable bonds is 7. The Morgan fingerprint density at radius 2 is 1.32 bits per heavy atom. The summed E-state index contributed by atoms with van der Waals surface area (Å²) < 4.78 is 34.3. The maximum Gasteiger partial charge on any atom is 0.295 e. The van der Waals surface area contributed by atoms with Gasteiger partial charge in [0.05, 0.1) is 22.7 Å². The van der Waals surface area contributed by atoms with Crippen molar-refractivity contribution in [1.82, 2.24) is 0 Å². The van der Waals surface area contributed by atoms with Crippen molar-refractivity contribution >= 4 is 55.0 Å². The van der Waals surface area contributed by atoms with Gasteiger partial charge in [-0.05, 0) is 73.2 Å². The second kappa shape index (κ2) is 10.7. The summed E-state index contributed by atoms with van der Waals surface area (Å²) in [7, 11) is -4.50. The molecule has 0 saturated heterocycles. The Kier molecular flexibility index (Phi) is 7.03. The van der Waals surface area contributed by atoms with Gasteiger partial charge in [-0.2, -0.15) is 23.8 Å². The van der Waals surface area contributed by atoms with Crippen LogP contribution in [0.4, 0.5) is 34.1 Å². The van der Waals surface area contributed by atoms with Crippen molar-refractivity contribution in [2.75, 3.05) is 5.32 Å². The highest BCUT2D eigenvalue weighted by molar-refractivity contribution is 7.86. The standard InChI is InChI=1S/C29H23N5O3S/c1-20-19-23(15-16-25(20)33-31-22-11-6-3-7-12-22)32-34-26-17-18-27(30-21-9-4-2-5-10-21)29-24(26)13-8-14-28(29)38(35,36)37/h2-19,30H,1H3,(H,35,36,37). The van der Waals surface area contributed by atoms with Crippen LogP contribution in [0.3, 0.4) is 0 Å². The zero-order valence-electron chi connectivity index (χ0n) is 20.4. The molecule has 5 aromatic rings. The summed E-state index contributed by atoms with van der Waals surface area (Å²) in [6.45, 7) is 1.91. The van der Waals surface area contributed by atoms with Crippen molar-refractivity contribution < 1.29 is 13.0 Å². The molecule has 2 N–H and O–H groups in total. The van der Waals surface area contributed by atoms with Gasteiger partial charge in [0, 0.05) is 22.1 Å². The third-order valence-corrected chi connectivity index (χ3v) is 6.69. The van der Waals surface area contributed by atoms with E-state index in [2.05, 4.69) is 25.8 Å². The summed E-state index contributed by atoms with van der Waals surface area (Å²) in [6, 6.07) is 32.4. The Hall–Kier alpha value is -4.73. The van der Waals surface area contributed by atoms with Crippen molar-refractivity contribution in [3.05, 3.63) is 115 Å². The number of benzene rings is 5. The van der Waals surface area contributed by atoms with Crippen LogP contribution in [0.25, 0.3) is 10.8 Å². The van der Waals surface area contributed by atoms with Gasteiger partial charge in [-0.15, -0.1) is 5.11 Å². The second-order valence-electron chi connectivity index (χ2n) is 8.48. The minimum absolute atomic E-state index is 0.213. The first-order valence-electron chi connectivity index (χ1n) is 11.7. The van der Waals surface area contributed by atoms with E-state index in [0.717, 1.165) is 16.9 Å². The van der Waals surface area contributed by atoms with E-state index in [9.17, 15) is 13.0 Å². The Morgan fingerprint density at radius 1 is 0.658 bits per heavy atom. The van der Waals surface area contributed by atoms with Crippen molar-refractivity contribution in [2.24, 2.45) is 20.5 Å². The first kappa shape index (κ1) is 24.9. The molecule has 0 saturated carbocycles. The number of nitrogens with one attached hydrogen (secondary N) is 1. The lowest BCUT2D eigenvalue weighted by molar-refractivity contribution is 0.484. The highest BCUT2D eigenvalue weighted by Gasteiger charge is 2.18. The average Bonchev–Trinajstić information content (AvgIpc) is 2.92. The van der Waals surface area contributed by atoms with Gasteiger partial charge in [0.1, 0.15) is 4.90 Å². The molecule has 0 radical (unpaired) electrons. The van der Waals surface area contributed by atoms with E-state index in [4.69, 9.17) is 0 Å². The second-order valence-corrected chi connectivity index (χ2v) is 9.87. The number of azo groups is 2. The molecule has 0 aliphatic carbocycles. The van der Waals surface area contributed by atoms with Crippen molar-refractivity contribution in [3.8, 4) is 0 Å². The normalized spacial score (nSPS) is 11.9. The summed E-state index contributed by atoms with van der Waals surface area (Å²) in [5, 5.41) is 21.4. The summed E-state index contributed by atoms with van der Waals surface area (Å²) in [4.78, 5) is -0.213. The first-order valence-corrected chi connectivity index (χ1v) is 13.2. The molecule has 0 atom stereocenters. The summed E-state index contributed by atoms with van der Waals surface area (Å²) in [6.07, 6.45) is 0. The van der Waals surface area contributed by atoms with E-state index >= 15 is 0 Å². The number of hydrogen-bond acceptors (Lipinski definition) is 7.